The van der Waals surface area contributed by atoms with Gasteiger partial charge in [-0.15, -0.1) is 0 Å². The molecule has 0 atom stereocenters. The molecule has 0 nitrogen and oxygen atoms in total. The second kappa shape index (κ2) is 0.640. The van der Waals surface area contributed by atoms with Gasteiger partial charge < -0.3 is 0 Å². The van der Waals surface area contributed by atoms with Crippen LogP contribution in [0.5, 0.6) is 0 Å². The van der Waals surface area contributed by atoms with Crippen LogP contribution in [0.15, 0.2) is 0 Å². The van der Waals surface area contributed by atoms with Crippen molar-refractivity contribution in [3.8, 4) is 0 Å². The fraction of sp³-hybridized carbons (Fsp3) is 1.00. The van der Waals surface area contributed by atoms with Gasteiger partial charge in [0, 0.05) is 0 Å². The zero-order valence-electron chi connectivity index (χ0n) is 11.0. The molecule has 0 amide bonds. The number of fused-ring (bicyclic) bond motifs is 10. The summed E-state index contributed by atoms with van der Waals surface area (Å²) in [5, 5.41) is 0. The molecule has 0 aromatic carbocycles. The minimum absolute atomic E-state index is 1.36. The summed E-state index contributed by atoms with van der Waals surface area (Å²) < 4.78 is 16.1. The van der Waals surface area contributed by atoms with E-state index in [-0.39, 0.29) is 0 Å². The summed E-state index contributed by atoms with van der Waals surface area (Å²) in [6, 6.07) is 0. The summed E-state index contributed by atoms with van der Waals surface area (Å²) in [7, 11) is -2.54. The first-order chi connectivity index (χ1) is 8.07. The molecule has 17 heavy (non-hydrogen) atoms. The average Bonchev–Trinajstić information content (AvgIpc) is 3.30. The Morgan fingerprint density at radius 3 is 0.824 bits per heavy atom. The predicted molar refractivity (Wildman–Crippen MR) is 67.3 cm³/mol. The Labute approximate surface area is 92.3 Å². The Morgan fingerprint density at radius 1 is 0.529 bits per heavy atom. The van der Waals surface area contributed by atoms with Gasteiger partial charge in [-0.1, -0.05) is 39.5 Å². The zero-order chi connectivity index (χ0) is 10.9. The van der Waals surface area contributed by atoms with Gasteiger partial charge in [0.2, 0.25) is 0 Å². The Kier molecular flexibility index (Phi) is 0.279. The average molecular weight is 317 g/mol. The Bertz CT molecular complexity index is 631. The molecule has 10 aliphatic heterocycles. The molecule has 0 aromatic heterocycles. The van der Waals surface area contributed by atoms with Crippen molar-refractivity contribution in [2.24, 2.45) is 0 Å². The molecule has 10 rings (SSSR count). The first kappa shape index (κ1) is 7.42. The normalized spacial score (nSPS) is 114. The van der Waals surface area contributed by atoms with Crippen molar-refractivity contribution in [3.05, 3.63) is 0 Å². The van der Waals surface area contributed by atoms with Crippen molar-refractivity contribution >= 4 is 0 Å². The molecule has 10 saturated heterocycles. The van der Waals surface area contributed by atoms with E-state index in [4.69, 9.17) is 0 Å². The Hall–Kier alpha value is 0.623. The van der Waals surface area contributed by atoms with Gasteiger partial charge in [0.1, 0.15) is 0 Å². The third-order valence-corrected chi connectivity index (χ3v) is 81.5. The van der Waals surface area contributed by atoms with Crippen LogP contribution in [-0.2, 0) is 7.72 Å². The van der Waals surface area contributed by atoms with Crippen molar-refractivity contribution < 1.29 is 7.72 Å². The number of hydrogen-bond acceptors (Lipinski definition) is 0. The van der Waals surface area contributed by atoms with Crippen LogP contribution in [0.2, 0.25) is 45.1 Å². The van der Waals surface area contributed by atoms with Crippen LogP contribution in [0, 0.1) is 0 Å². The zero-order valence-corrected chi connectivity index (χ0v) is 12.7. The molecule has 0 aromatic rings. The third kappa shape index (κ3) is 0.0857. The van der Waals surface area contributed by atoms with E-state index >= 15 is 0 Å². The van der Waals surface area contributed by atoms with Crippen LogP contribution in [-0.4, -0.2) is 0 Å². The molecule has 1 heteroatoms. The van der Waals surface area contributed by atoms with Gasteiger partial charge >= 0.3 is 52.8 Å². The molecule has 10 aliphatic rings. The van der Waals surface area contributed by atoms with E-state index in [1.807, 2.05) is 0 Å². The van der Waals surface area contributed by atoms with Gasteiger partial charge in [-0.2, -0.15) is 0 Å². The minimum atomic E-state index is -2.54. The Morgan fingerprint density at radius 2 is 0.765 bits per heavy atom. The Balaban J connectivity index is 0.0000000947. The summed E-state index contributed by atoms with van der Waals surface area (Å²) in [5.41, 5.74) is 0. The van der Waals surface area contributed by atoms with Gasteiger partial charge in [0.05, 0.1) is 0 Å². The summed E-state index contributed by atoms with van der Waals surface area (Å²) >= 11 is 0. The van der Waals surface area contributed by atoms with Gasteiger partial charge in [0.25, 0.3) is 0 Å². The van der Waals surface area contributed by atoms with E-state index in [2.05, 4.69) is 13.8 Å². The van der Waals surface area contributed by atoms with E-state index in [1.54, 1.807) is 45.1 Å². The fourth-order valence-corrected chi connectivity index (χ4v) is 147. The summed E-state index contributed by atoms with van der Waals surface area (Å²) in [6.07, 6.45) is 5.54. The van der Waals surface area contributed by atoms with E-state index in [9.17, 15) is 0 Å². The number of rotatable bonds is 3. The summed E-state index contributed by atoms with van der Waals surface area (Å²) in [5.74, 6) is 0. The van der Waals surface area contributed by atoms with Crippen LogP contribution in [0.25, 0.3) is 0 Å². The molecule has 0 unspecified atom stereocenters. The van der Waals surface area contributed by atoms with E-state index in [0.29, 0.717) is 0 Å². The molecule has 0 bridgehead atoms. The predicted octanol–water partition coefficient (Wildman–Crippen LogP) is 5.96. The standard InChI is InChI=1S/C6H14.2C5H5.Ru/c1-3-5-6-4-2;2*1-2-4-5-3-1;/h3-6H2,1-2H3;2*1-5H;. The summed E-state index contributed by atoms with van der Waals surface area (Å²) in [4.78, 5) is 0. The molecular weight excluding hydrogens is 293 g/mol. The number of hydrogen-bond donors (Lipinski definition) is 0. The molecule has 10 fully saturated rings. The second-order valence-electron chi connectivity index (χ2n) is 11.3. The molecule has 1 spiro atoms. The molecular formula is C16H24Ru. The fourth-order valence-electron chi connectivity index (χ4n) is 16.3. The van der Waals surface area contributed by atoms with Crippen molar-refractivity contribution in [1.29, 1.82) is 0 Å². The molecule has 0 saturated carbocycles. The number of unbranched alkanes of at least 4 members (excludes halogenated alkanes) is 3. The quantitative estimate of drug-likeness (QED) is 0.445. The molecule has 0 radical (unpaired) electrons. The van der Waals surface area contributed by atoms with Gasteiger partial charge in [0.15, 0.2) is 0 Å². The van der Waals surface area contributed by atoms with Gasteiger partial charge in [-0.05, 0) is 0 Å². The van der Waals surface area contributed by atoms with Crippen LogP contribution >= 0.6 is 0 Å². The topological polar surface area (TPSA) is 0 Å². The monoisotopic (exact) mass is 318 g/mol. The van der Waals surface area contributed by atoms with Crippen LogP contribution < -0.4 is 0 Å². The SMILES string of the molecule is CCCCCC.[CH]12[CH]3[CH]4[CH]5[CH]1[Ru]23451678[CH]2[CH]1[CH]6[CH]7[CH]28. The van der Waals surface area contributed by atoms with E-state index in [1.165, 1.54) is 25.7 Å². The maximum absolute atomic E-state index is 2.54. The molecule has 0 N–H and O–H groups in total. The van der Waals surface area contributed by atoms with Crippen molar-refractivity contribution in [2.75, 3.05) is 0 Å². The molecule has 96 valence electrons. The van der Waals surface area contributed by atoms with Gasteiger partial charge in [-0.25, -0.2) is 0 Å². The van der Waals surface area contributed by atoms with E-state index < -0.39 is 7.72 Å². The first-order valence-corrected chi connectivity index (χ1v) is 18.3. The van der Waals surface area contributed by atoms with Crippen LogP contribution in [0.1, 0.15) is 39.5 Å². The third-order valence-electron chi connectivity index (χ3n) is 15.5. The van der Waals surface area contributed by atoms with Crippen molar-refractivity contribution in [3.63, 3.8) is 0 Å². The second-order valence-corrected chi connectivity index (χ2v) is 49.0. The van der Waals surface area contributed by atoms with Crippen molar-refractivity contribution in [1.82, 2.24) is 0 Å². The van der Waals surface area contributed by atoms with E-state index in [0.717, 1.165) is 0 Å². The van der Waals surface area contributed by atoms with Crippen LogP contribution in [0.4, 0.5) is 0 Å². The first-order valence-electron chi connectivity index (χ1n) is 8.29. The molecule has 0 aliphatic carbocycles. The van der Waals surface area contributed by atoms with Crippen LogP contribution in [0.3, 0.4) is 0 Å². The van der Waals surface area contributed by atoms with Crippen molar-refractivity contribution in [2.45, 2.75) is 84.7 Å². The summed E-state index contributed by atoms with van der Waals surface area (Å²) in [6.45, 7) is 4.46. The van der Waals surface area contributed by atoms with Gasteiger partial charge in [-0.3, -0.25) is 0 Å². The maximum atomic E-state index is 2.23. The molecule has 10 heterocycles.